The predicted molar refractivity (Wildman–Crippen MR) is 80.1 cm³/mol. The van der Waals surface area contributed by atoms with Crippen LogP contribution in [-0.2, 0) is 11.2 Å². The van der Waals surface area contributed by atoms with Gasteiger partial charge in [-0.15, -0.1) is 0 Å². The van der Waals surface area contributed by atoms with Gasteiger partial charge in [-0.2, -0.15) is 0 Å². The average molecular weight is 290 g/mol. The SMILES string of the molecule is CCN(CC1CC1)C(=O)NC(Cc1ccccc1)C(=O)O. The minimum absolute atomic E-state index is 0.285. The van der Waals surface area contributed by atoms with Crippen molar-refractivity contribution in [3.05, 3.63) is 35.9 Å². The van der Waals surface area contributed by atoms with Crippen LogP contribution in [0.4, 0.5) is 4.79 Å². The summed E-state index contributed by atoms with van der Waals surface area (Å²) in [4.78, 5) is 25.2. The molecule has 5 nitrogen and oxygen atoms in total. The maximum Gasteiger partial charge on any atom is 0.326 e. The molecule has 2 N–H and O–H groups in total. The Hall–Kier alpha value is -2.04. The van der Waals surface area contributed by atoms with E-state index < -0.39 is 12.0 Å². The average Bonchev–Trinajstić information content (AvgIpc) is 3.29. The Morgan fingerprint density at radius 2 is 2.00 bits per heavy atom. The molecular weight excluding hydrogens is 268 g/mol. The van der Waals surface area contributed by atoms with Gasteiger partial charge >= 0.3 is 12.0 Å². The van der Waals surface area contributed by atoms with Crippen LogP contribution in [0.3, 0.4) is 0 Å². The highest BCUT2D eigenvalue weighted by Gasteiger charge is 2.28. The van der Waals surface area contributed by atoms with Gasteiger partial charge in [-0.1, -0.05) is 30.3 Å². The second kappa shape index (κ2) is 7.11. The fourth-order valence-corrected chi connectivity index (χ4v) is 2.26. The van der Waals surface area contributed by atoms with Crippen molar-refractivity contribution in [1.29, 1.82) is 0 Å². The van der Waals surface area contributed by atoms with Crippen LogP contribution in [0.25, 0.3) is 0 Å². The van der Waals surface area contributed by atoms with Crippen LogP contribution < -0.4 is 5.32 Å². The van der Waals surface area contributed by atoms with Gasteiger partial charge in [0.1, 0.15) is 6.04 Å². The molecule has 5 heteroatoms. The van der Waals surface area contributed by atoms with Gasteiger partial charge in [0, 0.05) is 19.5 Å². The third-order valence-electron chi connectivity index (χ3n) is 3.72. The fraction of sp³-hybridized carbons (Fsp3) is 0.500. The van der Waals surface area contributed by atoms with E-state index in [0.29, 0.717) is 18.9 Å². The Labute approximate surface area is 125 Å². The molecule has 1 aliphatic carbocycles. The second-order valence-electron chi connectivity index (χ2n) is 5.51. The Morgan fingerprint density at radius 3 is 2.52 bits per heavy atom. The number of urea groups is 1. The van der Waals surface area contributed by atoms with Crippen LogP contribution in [0.5, 0.6) is 0 Å². The lowest BCUT2D eigenvalue weighted by molar-refractivity contribution is -0.139. The minimum Gasteiger partial charge on any atom is -0.480 e. The molecule has 1 aliphatic rings. The summed E-state index contributed by atoms with van der Waals surface area (Å²) in [6.45, 7) is 3.23. The van der Waals surface area contributed by atoms with Crippen LogP contribution in [-0.4, -0.2) is 41.1 Å². The van der Waals surface area contributed by atoms with Gasteiger partial charge in [0.2, 0.25) is 0 Å². The zero-order valence-corrected chi connectivity index (χ0v) is 12.3. The number of amides is 2. The molecule has 0 aromatic heterocycles. The third-order valence-corrected chi connectivity index (χ3v) is 3.72. The Morgan fingerprint density at radius 1 is 1.33 bits per heavy atom. The molecule has 0 bridgehead atoms. The molecule has 1 aromatic rings. The number of nitrogens with one attached hydrogen (secondary N) is 1. The van der Waals surface area contributed by atoms with Crippen molar-refractivity contribution in [2.24, 2.45) is 5.92 Å². The number of carboxylic acids is 1. The number of nitrogens with zero attached hydrogens (tertiary/aromatic N) is 1. The lowest BCUT2D eigenvalue weighted by Gasteiger charge is -2.24. The topological polar surface area (TPSA) is 69.6 Å². The molecule has 1 aromatic carbocycles. The molecule has 1 atom stereocenters. The number of aliphatic carboxylic acids is 1. The number of benzene rings is 1. The predicted octanol–water partition coefficient (Wildman–Crippen LogP) is 2.12. The zero-order chi connectivity index (χ0) is 15.2. The molecule has 1 saturated carbocycles. The van der Waals surface area contributed by atoms with Crippen molar-refractivity contribution in [2.45, 2.75) is 32.2 Å². The Balaban J connectivity index is 1.94. The number of rotatable bonds is 7. The molecule has 1 fully saturated rings. The molecule has 0 aliphatic heterocycles. The van der Waals surface area contributed by atoms with Crippen molar-refractivity contribution in [3.63, 3.8) is 0 Å². The van der Waals surface area contributed by atoms with Gasteiger partial charge < -0.3 is 15.3 Å². The van der Waals surface area contributed by atoms with E-state index in [1.807, 2.05) is 37.3 Å². The first-order valence-corrected chi connectivity index (χ1v) is 7.42. The van der Waals surface area contributed by atoms with Gasteiger partial charge in [-0.25, -0.2) is 9.59 Å². The van der Waals surface area contributed by atoms with Gasteiger partial charge in [-0.3, -0.25) is 0 Å². The molecule has 2 rings (SSSR count). The maximum absolute atomic E-state index is 12.2. The summed E-state index contributed by atoms with van der Waals surface area (Å²) in [6.07, 6.45) is 2.62. The standard InChI is InChI=1S/C16H22N2O3/c1-2-18(11-13-8-9-13)16(21)17-14(15(19)20)10-12-6-4-3-5-7-12/h3-7,13-14H,2,8-11H2,1H3,(H,17,21)(H,19,20). The number of carbonyl (C=O) groups is 2. The lowest BCUT2D eigenvalue weighted by Crippen LogP contribution is -2.49. The molecule has 2 amide bonds. The largest absolute Gasteiger partial charge is 0.480 e. The number of carboxylic acid groups (broad SMARTS) is 1. The normalized spacial score (nSPS) is 15.3. The molecule has 1 unspecified atom stereocenters. The van der Waals surface area contributed by atoms with Crippen LogP contribution in [0.15, 0.2) is 30.3 Å². The van der Waals surface area contributed by atoms with E-state index in [2.05, 4.69) is 5.32 Å². The second-order valence-corrected chi connectivity index (χ2v) is 5.51. The molecule has 114 valence electrons. The number of hydrogen-bond donors (Lipinski definition) is 2. The molecule has 0 spiro atoms. The highest BCUT2D eigenvalue weighted by molar-refractivity contribution is 5.82. The Kier molecular flexibility index (Phi) is 5.20. The summed E-state index contributed by atoms with van der Waals surface area (Å²) in [6, 6.07) is 8.16. The van der Waals surface area contributed by atoms with Gasteiger partial charge in [0.05, 0.1) is 0 Å². The van der Waals surface area contributed by atoms with E-state index >= 15 is 0 Å². The summed E-state index contributed by atoms with van der Waals surface area (Å²) in [5.74, 6) is -0.414. The van der Waals surface area contributed by atoms with Gasteiger partial charge in [0.25, 0.3) is 0 Å². The highest BCUT2D eigenvalue weighted by atomic mass is 16.4. The first-order valence-electron chi connectivity index (χ1n) is 7.42. The molecule has 21 heavy (non-hydrogen) atoms. The monoisotopic (exact) mass is 290 g/mol. The lowest BCUT2D eigenvalue weighted by atomic mass is 10.1. The van der Waals surface area contributed by atoms with Crippen molar-refractivity contribution in [2.75, 3.05) is 13.1 Å². The van der Waals surface area contributed by atoms with Crippen LogP contribution in [0.2, 0.25) is 0 Å². The Bertz CT molecular complexity index is 486. The van der Waals surface area contributed by atoms with E-state index in [1.54, 1.807) is 4.90 Å². The summed E-state index contributed by atoms with van der Waals surface area (Å²) < 4.78 is 0. The minimum atomic E-state index is -1.00. The smallest absolute Gasteiger partial charge is 0.326 e. The van der Waals surface area contributed by atoms with Crippen molar-refractivity contribution in [3.8, 4) is 0 Å². The van der Waals surface area contributed by atoms with Gasteiger partial charge in [-0.05, 0) is 31.2 Å². The van der Waals surface area contributed by atoms with E-state index in [1.165, 1.54) is 0 Å². The van der Waals surface area contributed by atoms with Crippen LogP contribution in [0, 0.1) is 5.92 Å². The molecule has 0 heterocycles. The first kappa shape index (κ1) is 15.4. The first-order chi connectivity index (χ1) is 10.1. The van der Waals surface area contributed by atoms with Crippen molar-refractivity contribution < 1.29 is 14.7 Å². The van der Waals surface area contributed by atoms with Gasteiger partial charge in [0.15, 0.2) is 0 Å². The maximum atomic E-state index is 12.2. The van der Waals surface area contributed by atoms with E-state index in [-0.39, 0.29) is 6.03 Å². The van der Waals surface area contributed by atoms with E-state index in [9.17, 15) is 14.7 Å². The van der Waals surface area contributed by atoms with E-state index in [4.69, 9.17) is 0 Å². The fourth-order valence-electron chi connectivity index (χ4n) is 2.26. The molecule has 0 radical (unpaired) electrons. The van der Waals surface area contributed by atoms with Crippen LogP contribution in [0.1, 0.15) is 25.3 Å². The summed E-state index contributed by atoms with van der Waals surface area (Å²) in [5, 5.41) is 11.9. The summed E-state index contributed by atoms with van der Waals surface area (Å²) in [7, 11) is 0. The quantitative estimate of drug-likeness (QED) is 0.808. The number of carbonyl (C=O) groups excluding carboxylic acids is 1. The van der Waals surface area contributed by atoms with Crippen LogP contribution >= 0.6 is 0 Å². The van der Waals surface area contributed by atoms with Crippen molar-refractivity contribution in [1.82, 2.24) is 10.2 Å². The molecule has 0 saturated heterocycles. The summed E-state index contributed by atoms with van der Waals surface area (Å²) in [5.41, 5.74) is 0.899. The zero-order valence-electron chi connectivity index (χ0n) is 12.3. The van der Waals surface area contributed by atoms with E-state index in [0.717, 1.165) is 24.9 Å². The van der Waals surface area contributed by atoms with Crippen molar-refractivity contribution >= 4 is 12.0 Å². The number of hydrogen-bond acceptors (Lipinski definition) is 2. The highest BCUT2D eigenvalue weighted by Crippen LogP contribution is 2.29. The molecular formula is C16H22N2O3. The summed E-state index contributed by atoms with van der Waals surface area (Å²) >= 11 is 0. The third kappa shape index (κ3) is 4.77.